The summed E-state index contributed by atoms with van der Waals surface area (Å²) in [6.07, 6.45) is 0. The highest BCUT2D eigenvalue weighted by molar-refractivity contribution is 7.08. The van der Waals surface area contributed by atoms with Gasteiger partial charge in [-0.2, -0.15) is 11.3 Å². The lowest BCUT2D eigenvalue weighted by Crippen LogP contribution is -2.34. The minimum absolute atomic E-state index is 0.385. The van der Waals surface area contributed by atoms with E-state index in [2.05, 4.69) is 11.4 Å². The molecule has 21 heavy (non-hydrogen) atoms. The molecule has 1 amide bonds. The van der Waals surface area contributed by atoms with E-state index in [1.807, 2.05) is 29.6 Å². The normalized spacial score (nSPS) is 11.9. The summed E-state index contributed by atoms with van der Waals surface area (Å²) < 4.78 is 0. The number of amides is 1. The summed E-state index contributed by atoms with van der Waals surface area (Å²) >= 11 is 1.65. The summed E-state index contributed by atoms with van der Waals surface area (Å²) in [5.41, 5.74) is 3.28. The third kappa shape index (κ3) is 3.70. The van der Waals surface area contributed by atoms with Crippen LogP contribution < -0.4 is 0 Å². The van der Waals surface area contributed by atoms with Crippen molar-refractivity contribution in [2.45, 2.75) is 13.5 Å². The topological polar surface area (TPSA) is 57.6 Å². The molecular formula is C16H17NO3S. The number of benzene rings is 1. The van der Waals surface area contributed by atoms with Crippen LogP contribution in [0, 0.1) is 5.92 Å². The standard InChI is InChI=1S/C16H17NO3S/c1-11(16(19)20)15(18)17(2)9-12-3-5-13(6-4-12)14-7-8-21-10-14/h3-8,10-11H,9H2,1-2H3,(H,19,20). The zero-order valence-corrected chi connectivity index (χ0v) is 12.8. The minimum Gasteiger partial charge on any atom is -0.481 e. The van der Waals surface area contributed by atoms with Crippen LogP contribution in [-0.4, -0.2) is 28.9 Å². The van der Waals surface area contributed by atoms with E-state index >= 15 is 0 Å². The molecule has 1 unspecified atom stereocenters. The fraction of sp³-hybridized carbons (Fsp3) is 0.250. The van der Waals surface area contributed by atoms with Crippen molar-refractivity contribution in [1.82, 2.24) is 4.90 Å². The van der Waals surface area contributed by atoms with E-state index in [0.29, 0.717) is 6.54 Å². The fourth-order valence-corrected chi connectivity index (χ4v) is 2.68. The summed E-state index contributed by atoms with van der Waals surface area (Å²) in [6.45, 7) is 1.81. The van der Waals surface area contributed by atoms with Crippen molar-refractivity contribution in [3.05, 3.63) is 46.7 Å². The van der Waals surface area contributed by atoms with E-state index < -0.39 is 11.9 Å². The van der Waals surface area contributed by atoms with Crippen LogP contribution in [0.2, 0.25) is 0 Å². The Labute approximate surface area is 127 Å². The third-order valence-corrected chi connectivity index (χ3v) is 4.03. The monoisotopic (exact) mass is 303 g/mol. The van der Waals surface area contributed by atoms with Crippen LogP contribution >= 0.6 is 11.3 Å². The average Bonchev–Trinajstić information content (AvgIpc) is 3.00. The van der Waals surface area contributed by atoms with Gasteiger partial charge in [-0.3, -0.25) is 9.59 Å². The maximum atomic E-state index is 11.9. The van der Waals surface area contributed by atoms with E-state index in [4.69, 9.17) is 5.11 Å². The predicted molar refractivity (Wildman–Crippen MR) is 83.0 cm³/mol. The van der Waals surface area contributed by atoms with E-state index in [1.165, 1.54) is 17.4 Å². The summed E-state index contributed by atoms with van der Waals surface area (Å²) in [6, 6.07) is 10.0. The molecule has 4 nitrogen and oxygen atoms in total. The Balaban J connectivity index is 2.03. The van der Waals surface area contributed by atoms with Gasteiger partial charge in [-0.25, -0.2) is 0 Å². The molecule has 110 valence electrons. The molecule has 5 heteroatoms. The van der Waals surface area contributed by atoms with Crippen LogP contribution in [0.5, 0.6) is 0 Å². The maximum Gasteiger partial charge on any atom is 0.315 e. The van der Waals surface area contributed by atoms with E-state index in [9.17, 15) is 9.59 Å². The molecule has 1 aromatic heterocycles. The first-order valence-electron chi connectivity index (χ1n) is 6.58. The first-order chi connectivity index (χ1) is 9.99. The first kappa shape index (κ1) is 15.3. The molecular weight excluding hydrogens is 286 g/mol. The van der Waals surface area contributed by atoms with Gasteiger partial charge in [-0.1, -0.05) is 24.3 Å². The Morgan fingerprint density at radius 2 is 1.86 bits per heavy atom. The molecule has 2 aromatic rings. The van der Waals surface area contributed by atoms with Gasteiger partial charge in [0, 0.05) is 13.6 Å². The van der Waals surface area contributed by atoms with Gasteiger partial charge >= 0.3 is 5.97 Å². The highest BCUT2D eigenvalue weighted by Crippen LogP contribution is 2.22. The lowest BCUT2D eigenvalue weighted by atomic mass is 10.1. The molecule has 0 spiro atoms. The molecule has 1 N–H and O–H groups in total. The summed E-state index contributed by atoms with van der Waals surface area (Å²) in [7, 11) is 1.62. The Bertz CT molecular complexity index is 619. The molecule has 2 rings (SSSR count). The maximum absolute atomic E-state index is 11.9. The predicted octanol–water partition coefficient (Wildman–Crippen LogP) is 3.09. The number of carbonyl (C=O) groups excluding carboxylic acids is 1. The highest BCUT2D eigenvalue weighted by atomic mass is 32.1. The van der Waals surface area contributed by atoms with Crippen molar-refractivity contribution in [1.29, 1.82) is 0 Å². The number of rotatable bonds is 5. The van der Waals surface area contributed by atoms with Crippen LogP contribution in [0.15, 0.2) is 41.1 Å². The molecule has 1 atom stereocenters. The van der Waals surface area contributed by atoms with Gasteiger partial charge in [0.1, 0.15) is 5.92 Å². The Morgan fingerprint density at radius 3 is 2.38 bits per heavy atom. The van der Waals surface area contributed by atoms with Gasteiger partial charge in [0.25, 0.3) is 0 Å². The Hall–Kier alpha value is -2.14. The summed E-state index contributed by atoms with van der Waals surface area (Å²) in [4.78, 5) is 24.2. The lowest BCUT2D eigenvalue weighted by Gasteiger charge is -2.19. The zero-order valence-electron chi connectivity index (χ0n) is 11.9. The molecule has 0 aliphatic heterocycles. The van der Waals surface area contributed by atoms with Crippen LogP contribution in [0.3, 0.4) is 0 Å². The Morgan fingerprint density at radius 1 is 1.19 bits per heavy atom. The number of hydrogen-bond acceptors (Lipinski definition) is 3. The first-order valence-corrected chi connectivity index (χ1v) is 7.52. The molecule has 0 saturated heterocycles. The molecule has 0 saturated carbocycles. The largest absolute Gasteiger partial charge is 0.481 e. The van der Waals surface area contributed by atoms with Crippen LogP contribution in [-0.2, 0) is 16.1 Å². The number of nitrogens with zero attached hydrogens (tertiary/aromatic N) is 1. The van der Waals surface area contributed by atoms with Crippen LogP contribution in [0.4, 0.5) is 0 Å². The van der Waals surface area contributed by atoms with E-state index in [-0.39, 0.29) is 5.91 Å². The fourth-order valence-electron chi connectivity index (χ4n) is 2.02. The second-order valence-electron chi connectivity index (χ2n) is 4.96. The van der Waals surface area contributed by atoms with Crippen molar-refractivity contribution in [2.24, 2.45) is 5.92 Å². The van der Waals surface area contributed by atoms with Gasteiger partial charge in [-0.05, 0) is 40.4 Å². The highest BCUT2D eigenvalue weighted by Gasteiger charge is 2.23. The zero-order chi connectivity index (χ0) is 15.4. The molecule has 1 aromatic carbocycles. The van der Waals surface area contributed by atoms with E-state index in [0.717, 1.165) is 11.1 Å². The number of carboxylic acids is 1. The minimum atomic E-state index is -1.10. The smallest absolute Gasteiger partial charge is 0.315 e. The molecule has 0 fully saturated rings. The number of carbonyl (C=O) groups is 2. The SMILES string of the molecule is CC(C(=O)O)C(=O)N(C)Cc1ccc(-c2ccsc2)cc1. The van der Waals surface area contributed by atoms with Crippen molar-refractivity contribution in [3.8, 4) is 11.1 Å². The molecule has 0 aliphatic rings. The number of aliphatic carboxylic acids is 1. The van der Waals surface area contributed by atoms with Crippen LogP contribution in [0.1, 0.15) is 12.5 Å². The van der Waals surface area contributed by atoms with Crippen LogP contribution in [0.25, 0.3) is 11.1 Å². The van der Waals surface area contributed by atoms with Crippen molar-refractivity contribution < 1.29 is 14.7 Å². The molecule has 0 radical (unpaired) electrons. The summed E-state index contributed by atoms with van der Waals surface area (Å²) in [5, 5.41) is 13.0. The van der Waals surface area contributed by atoms with Gasteiger partial charge in [0.15, 0.2) is 0 Å². The Kier molecular flexibility index (Phi) is 4.75. The lowest BCUT2D eigenvalue weighted by molar-refractivity contribution is -0.149. The number of thiophene rings is 1. The van der Waals surface area contributed by atoms with E-state index in [1.54, 1.807) is 18.4 Å². The van der Waals surface area contributed by atoms with Crippen molar-refractivity contribution >= 4 is 23.2 Å². The second-order valence-corrected chi connectivity index (χ2v) is 5.74. The third-order valence-electron chi connectivity index (χ3n) is 3.35. The van der Waals surface area contributed by atoms with Gasteiger partial charge in [0.2, 0.25) is 5.91 Å². The van der Waals surface area contributed by atoms with Gasteiger partial charge in [-0.15, -0.1) is 0 Å². The molecule has 1 heterocycles. The quantitative estimate of drug-likeness (QED) is 0.864. The van der Waals surface area contributed by atoms with Gasteiger partial charge in [0.05, 0.1) is 0 Å². The van der Waals surface area contributed by atoms with Crippen molar-refractivity contribution in [3.63, 3.8) is 0 Å². The van der Waals surface area contributed by atoms with Crippen molar-refractivity contribution in [2.75, 3.05) is 7.05 Å². The van der Waals surface area contributed by atoms with Gasteiger partial charge < -0.3 is 10.0 Å². The number of hydrogen-bond donors (Lipinski definition) is 1. The average molecular weight is 303 g/mol. The second kappa shape index (κ2) is 6.54. The molecule has 0 bridgehead atoms. The summed E-state index contributed by atoms with van der Waals surface area (Å²) in [5.74, 6) is -2.50. The number of carboxylic acid groups (broad SMARTS) is 1. The molecule has 0 aliphatic carbocycles.